The van der Waals surface area contributed by atoms with Gasteiger partial charge in [-0.2, -0.15) is 0 Å². The van der Waals surface area contributed by atoms with E-state index in [0.717, 1.165) is 0 Å². The van der Waals surface area contributed by atoms with E-state index in [4.69, 9.17) is 9.47 Å². The maximum Gasteiger partial charge on any atom is 0.363 e. The number of aromatic hydroxyl groups is 1. The van der Waals surface area contributed by atoms with Crippen molar-refractivity contribution in [1.29, 1.82) is 0 Å². The minimum absolute atomic E-state index is 0.0700. The lowest BCUT2D eigenvalue weighted by atomic mass is 10.1. The first-order valence-electron chi connectivity index (χ1n) is 6.73. The zero-order valence-corrected chi connectivity index (χ0v) is 13.7. The van der Waals surface area contributed by atoms with Crippen LogP contribution in [0.5, 0.6) is 11.5 Å². The van der Waals surface area contributed by atoms with Crippen LogP contribution >= 0.6 is 15.9 Å². The van der Waals surface area contributed by atoms with Crippen LogP contribution in [0, 0.1) is 0 Å². The van der Waals surface area contributed by atoms with Crippen LogP contribution in [0.1, 0.15) is 11.1 Å². The van der Waals surface area contributed by atoms with Crippen LogP contribution in [0.15, 0.2) is 57.6 Å². The molecule has 0 saturated carbocycles. The Balaban J connectivity index is 2.02. The number of esters is 1. The van der Waals surface area contributed by atoms with Gasteiger partial charge in [0.2, 0.25) is 5.90 Å². The molecule has 3 rings (SSSR count). The first kappa shape index (κ1) is 15.3. The highest BCUT2D eigenvalue weighted by Gasteiger charge is 2.24. The van der Waals surface area contributed by atoms with Crippen molar-refractivity contribution in [2.24, 2.45) is 4.99 Å². The van der Waals surface area contributed by atoms with Crippen molar-refractivity contribution in [2.45, 2.75) is 0 Å². The van der Waals surface area contributed by atoms with E-state index in [9.17, 15) is 9.90 Å². The van der Waals surface area contributed by atoms with Gasteiger partial charge in [0.05, 0.1) is 7.11 Å². The molecule has 0 amide bonds. The summed E-state index contributed by atoms with van der Waals surface area (Å²) < 4.78 is 11.0. The summed E-state index contributed by atoms with van der Waals surface area (Å²) in [7, 11) is 1.45. The molecule has 6 heteroatoms. The van der Waals surface area contributed by atoms with E-state index in [1.165, 1.54) is 13.2 Å². The number of halogens is 1. The Kier molecular flexibility index (Phi) is 4.16. The Morgan fingerprint density at radius 2 is 2.00 bits per heavy atom. The number of phenols is 1. The van der Waals surface area contributed by atoms with E-state index < -0.39 is 5.97 Å². The Bertz CT molecular complexity index is 828. The molecule has 0 bridgehead atoms. The van der Waals surface area contributed by atoms with Crippen LogP contribution in [0.25, 0.3) is 6.08 Å². The van der Waals surface area contributed by atoms with Crippen molar-refractivity contribution >= 4 is 33.9 Å². The number of benzene rings is 2. The predicted octanol–water partition coefficient (Wildman–Crippen LogP) is 3.51. The van der Waals surface area contributed by atoms with E-state index in [-0.39, 0.29) is 17.3 Å². The molecule has 0 saturated heterocycles. The maximum atomic E-state index is 12.0. The number of cyclic esters (lactones) is 1. The van der Waals surface area contributed by atoms with Crippen LogP contribution in [0.3, 0.4) is 0 Å². The fraction of sp³-hybridized carbons (Fsp3) is 0.0588. The van der Waals surface area contributed by atoms with Crippen LogP contribution in [0.2, 0.25) is 0 Å². The Morgan fingerprint density at radius 3 is 2.70 bits per heavy atom. The predicted molar refractivity (Wildman–Crippen MR) is 89.4 cm³/mol. The highest BCUT2D eigenvalue weighted by molar-refractivity contribution is 9.10. The van der Waals surface area contributed by atoms with Gasteiger partial charge in [0, 0.05) is 15.6 Å². The van der Waals surface area contributed by atoms with Crippen molar-refractivity contribution in [3.05, 3.63) is 63.8 Å². The molecule has 1 N–H and O–H groups in total. The van der Waals surface area contributed by atoms with Gasteiger partial charge in [-0.05, 0) is 30.3 Å². The third-order valence-electron chi connectivity index (χ3n) is 3.22. The largest absolute Gasteiger partial charge is 0.504 e. The molecule has 23 heavy (non-hydrogen) atoms. The molecule has 2 aromatic carbocycles. The summed E-state index contributed by atoms with van der Waals surface area (Å²) in [6.45, 7) is 0. The van der Waals surface area contributed by atoms with Crippen molar-refractivity contribution in [3.63, 3.8) is 0 Å². The standard InChI is InChI=1S/C17H12BrNO4/c1-22-14-9-12(18)7-11(15(14)20)8-13-17(21)23-16(19-13)10-5-3-2-4-6-10/h2-9,20H,1H3/b13-8+. The van der Waals surface area contributed by atoms with Gasteiger partial charge in [-0.15, -0.1) is 0 Å². The van der Waals surface area contributed by atoms with Crippen LogP contribution in [0.4, 0.5) is 0 Å². The topological polar surface area (TPSA) is 68.1 Å². The summed E-state index contributed by atoms with van der Waals surface area (Å²) >= 11 is 3.33. The van der Waals surface area contributed by atoms with E-state index >= 15 is 0 Å². The molecule has 0 spiro atoms. The molecule has 1 aliphatic heterocycles. The van der Waals surface area contributed by atoms with Gasteiger partial charge in [0.25, 0.3) is 0 Å². The zero-order chi connectivity index (χ0) is 16.4. The minimum atomic E-state index is -0.567. The van der Waals surface area contributed by atoms with Gasteiger partial charge < -0.3 is 14.6 Å². The number of aliphatic imine (C=N–C) groups is 1. The number of phenolic OH excluding ortho intramolecular Hbond substituents is 1. The fourth-order valence-corrected chi connectivity index (χ4v) is 2.58. The number of rotatable bonds is 3. The van der Waals surface area contributed by atoms with E-state index in [2.05, 4.69) is 20.9 Å². The van der Waals surface area contributed by atoms with E-state index in [1.54, 1.807) is 24.3 Å². The van der Waals surface area contributed by atoms with Crippen LogP contribution in [-0.2, 0) is 9.53 Å². The summed E-state index contributed by atoms with van der Waals surface area (Å²) in [6, 6.07) is 12.4. The highest BCUT2D eigenvalue weighted by atomic mass is 79.9. The molecule has 0 aromatic heterocycles. The quantitative estimate of drug-likeness (QED) is 0.660. The van der Waals surface area contributed by atoms with Gasteiger partial charge in [0.15, 0.2) is 17.2 Å². The second-order valence-electron chi connectivity index (χ2n) is 4.75. The summed E-state index contributed by atoms with van der Waals surface area (Å²) in [5.74, 6) is -0.102. The van der Waals surface area contributed by atoms with Crippen molar-refractivity contribution in [1.82, 2.24) is 0 Å². The number of nitrogens with zero attached hydrogens (tertiary/aromatic N) is 1. The molecular weight excluding hydrogens is 362 g/mol. The van der Waals surface area contributed by atoms with Gasteiger partial charge in [-0.25, -0.2) is 9.79 Å². The zero-order valence-electron chi connectivity index (χ0n) is 12.1. The molecule has 0 aliphatic carbocycles. The van der Waals surface area contributed by atoms with Gasteiger partial charge in [-0.3, -0.25) is 0 Å². The molecule has 0 fully saturated rings. The Morgan fingerprint density at radius 1 is 1.26 bits per heavy atom. The van der Waals surface area contributed by atoms with Crippen molar-refractivity contribution in [3.8, 4) is 11.5 Å². The fourth-order valence-electron chi connectivity index (χ4n) is 2.12. The van der Waals surface area contributed by atoms with Gasteiger partial charge in [-0.1, -0.05) is 34.1 Å². The number of ether oxygens (including phenoxy) is 2. The van der Waals surface area contributed by atoms with Crippen LogP contribution in [-0.4, -0.2) is 24.1 Å². The Hall–Kier alpha value is -2.60. The SMILES string of the molecule is COc1cc(Br)cc(/C=C2/N=C(c3ccccc3)OC2=O)c1O. The number of carbonyl (C=O) groups is 1. The Labute approximate surface area is 141 Å². The molecule has 0 atom stereocenters. The third-order valence-corrected chi connectivity index (χ3v) is 3.68. The molecule has 2 aromatic rings. The summed E-state index contributed by atoms with van der Waals surface area (Å²) in [4.78, 5) is 16.2. The summed E-state index contributed by atoms with van der Waals surface area (Å²) in [5, 5.41) is 10.2. The molecule has 5 nitrogen and oxygen atoms in total. The average molecular weight is 374 g/mol. The van der Waals surface area contributed by atoms with E-state index in [1.807, 2.05) is 18.2 Å². The number of hydrogen-bond donors (Lipinski definition) is 1. The minimum Gasteiger partial charge on any atom is -0.504 e. The smallest absolute Gasteiger partial charge is 0.363 e. The summed E-state index contributed by atoms with van der Waals surface area (Å²) in [6.07, 6.45) is 1.46. The molecular formula is C17H12BrNO4. The molecule has 0 radical (unpaired) electrons. The molecule has 1 heterocycles. The second kappa shape index (κ2) is 6.26. The third kappa shape index (κ3) is 3.12. The van der Waals surface area contributed by atoms with E-state index in [0.29, 0.717) is 21.3 Å². The second-order valence-corrected chi connectivity index (χ2v) is 5.66. The maximum absolute atomic E-state index is 12.0. The van der Waals surface area contributed by atoms with Gasteiger partial charge in [0.1, 0.15) is 0 Å². The first-order valence-corrected chi connectivity index (χ1v) is 7.52. The number of carbonyl (C=O) groups excluding carboxylic acids is 1. The van der Waals surface area contributed by atoms with Crippen molar-refractivity contribution < 1.29 is 19.4 Å². The molecule has 1 aliphatic rings. The molecule has 0 unspecified atom stereocenters. The monoisotopic (exact) mass is 373 g/mol. The lowest BCUT2D eigenvalue weighted by Crippen LogP contribution is -2.04. The van der Waals surface area contributed by atoms with Crippen molar-refractivity contribution in [2.75, 3.05) is 7.11 Å². The number of methoxy groups -OCH3 is 1. The van der Waals surface area contributed by atoms with Gasteiger partial charge >= 0.3 is 5.97 Å². The highest BCUT2D eigenvalue weighted by Crippen LogP contribution is 2.35. The average Bonchev–Trinajstić information content (AvgIpc) is 2.92. The van der Waals surface area contributed by atoms with Crippen LogP contribution < -0.4 is 4.74 Å². The lowest BCUT2D eigenvalue weighted by molar-refractivity contribution is -0.129. The number of hydrogen-bond acceptors (Lipinski definition) is 5. The lowest BCUT2D eigenvalue weighted by Gasteiger charge is -2.07. The summed E-state index contributed by atoms with van der Waals surface area (Å²) in [5.41, 5.74) is 1.22. The first-order chi connectivity index (χ1) is 11.1. The molecule has 116 valence electrons. The normalized spacial score (nSPS) is 15.5.